The van der Waals surface area contributed by atoms with E-state index in [1.165, 1.54) is 43.8 Å². The Morgan fingerprint density at radius 2 is 1.11 bits per heavy atom. The smallest absolute Gasteiger partial charge is 0.160 e. The molecule has 9 rings (SSSR count). The Hall–Kier alpha value is -5.93. The van der Waals surface area contributed by atoms with Crippen LogP contribution in [-0.4, -0.2) is 15.0 Å². The van der Waals surface area contributed by atoms with Crippen LogP contribution in [0.2, 0.25) is 0 Å². The second-order valence-corrected chi connectivity index (χ2v) is 12.9. The summed E-state index contributed by atoms with van der Waals surface area (Å²) in [7, 11) is 0. The fraction of sp³-hybridized carbons (Fsp3) is 0.0682. The topological polar surface area (TPSA) is 38.7 Å². The molecule has 1 aliphatic rings. The lowest BCUT2D eigenvalue weighted by molar-refractivity contribution is 0.658. The van der Waals surface area contributed by atoms with E-state index >= 15 is 0 Å². The quantitative estimate of drug-likeness (QED) is 0.188. The molecule has 222 valence electrons. The van der Waals surface area contributed by atoms with Gasteiger partial charge in [0.2, 0.25) is 0 Å². The van der Waals surface area contributed by atoms with Gasteiger partial charge in [-0.05, 0) is 56.4 Å². The minimum atomic E-state index is -0.238. The zero-order valence-corrected chi connectivity index (χ0v) is 26.3. The number of aromatic nitrogens is 3. The Morgan fingerprint density at radius 3 is 1.89 bits per heavy atom. The van der Waals surface area contributed by atoms with Crippen molar-refractivity contribution in [1.29, 1.82) is 0 Å². The molecule has 8 aromatic rings. The molecule has 0 saturated carbocycles. The molecule has 2 aromatic heterocycles. The normalized spacial score (nSPS) is 13.1. The molecule has 0 N–H and O–H groups in total. The summed E-state index contributed by atoms with van der Waals surface area (Å²) in [6, 6.07) is 51.5. The van der Waals surface area contributed by atoms with Crippen LogP contribution in [0.5, 0.6) is 0 Å². The average Bonchev–Trinajstić information content (AvgIpc) is 3.37. The molecule has 0 radical (unpaired) electrons. The van der Waals surface area contributed by atoms with E-state index in [4.69, 9.17) is 15.0 Å². The van der Waals surface area contributed by atoms with Gasteiger partial charge in [0.25, 0.3) is 0 Å². The average molecular weight is 602 g/mol. The molecule has 0 spiro atoms. The highest BCUT2D eigenvalue weighted by Crippen LogP contribution is 2.51. The Morgan fingerprint density at radius 1 is 0.468 bits per heavy atom. The molecule has 47 heavy (non-hydrogen) atoms. The molecule has 6 aromatic carbocycles. The fourth-order valence-electron chi connectivity index (χ4n) is 7.36. The Kier molecular flexibility index (Phi) is 6.16. The summed E-state index contributed by atoms with van der Waals surface area (Å²) in [5, 5.41) is 5.07. The van der Waals surface area contributed by atoms with Crippen LogP contribution in [0, 0.1) is 0 Å². The van der Waals surface area contributed by atoms with Gasteiger partial charge in [0.05, 0.1) is 17.1 Å². The van der Waals surface area contributed by atoms with E-state index in [-0.39, 0.29) is 5.41 Å². The largest absolute Gasteiger partial charge is 0.256 e. The van der Waals surface area contributed by atoms with Crippen LogP contribution in [0.25, 0.3) is 77.8 Å². The maximum atomic E-state index is 5.21. The van der Waals surface area contributed by atoms with Gasteiger partial charge in [-0.15, -0.1) is 0 Å². The second-order valence-electron chi connectivity index (χ2n) is 12.9. The van der Waals surface area contributed by atoms with E-state index in [1.54, 1.807) is 0 Å². The molecule has 3 heteroatoms. The molecule has 0 fully saturated rings. The van der Waals surface area contributed by atoms with Gasteiger partial charge in [0.1, 0.15) is 0 Å². The van der Waals surface area contributed by atoms with Gasteiger partial charge in [0, 0.05) is 39.4 Å². The SMILES string of the molecule is CC1(C)c2ccccc2-c2nc(-c3ccccc3)nc(-c3ccc(-c4ccc(-c5cc6ccccc6c6ccccc56)cc4)nc3)c21. The van der Waals surface area contributed by atoms with Gasteiger partial charge in [0.15, 0.2) is 5.82 Å². The summed E-state index contributed by atoms with van der Waals surface area (Å²) >= 11 is 0. The first-order chi connectivity index (χ1) is 23.1. The minimum absolute atomic E-state index is 0.238. The maximum Gasteiger partial charge on any atom is 0.160 e. The minimum Gasteiger partial charge on any atom is -0.256 e. The lowest BCUT2D eigenvalue weighted by Crippen LogP contribution is -2.17. The number of hydrogen-bond donors (Lipinski definition) is 0. The summed E-state index contributed by atoms with van der Waals surface area (Å²) < 4.78 is 0. The number of pyridine rings is 1. The van der Waals surface area contributed by atoms with Crippen LogP contribution < -0.4 is 0 Å². The first-order valence-corrected chi connectivity index (χ1v) is 16.1. The van der Waals surface area contributed by atoms with Crippen molar-refractivity contribution in [1.82, 2.24) is 15.0 Å². The van der Waals surface area contributed by atoms with E-state index in [0.29, 0.717) is 0 Å². The van der Waals surface area contributed by atoms with Crippen LogP contribution >= 0.6 is 0 Å². The molecule has 0 atom stereocenters. The highest BCUT2D eigenvalue weighted by atomic mass is 14.9. The highest BCUT2D eigenvalue weighted by Gasteiger charge is 2.40. The molecule has 0 saturated heterocycles. The molecule has 0 amide bonds. The number of rotatable bonds is 4. The number of hydrogen-bond acceptors (Lipinski definition) is 3. The van der Waals surface area contributed by atoms with E-state index < -0.39 is 0 Å². The Balaban J connectivity index is 1.11. The van der Waals surface area contributed by atoms with E-state index in [0.717, 1.165) is 45.2 Å². The summed E-state index contributed by atoms with van der Waals surface area (Å²) in [5.74, 6) is 0.729. The Bertz CT molecular complexity index is 2460. The summed E-state index contributed by atoms with van der Waals surface area (Å²) in [4.78, 5) is 15.3. The predicted molar refractivity (Wildman–Crippen MR) is 194 cm³/mol. The lowest BCUT2D eigenvalue weighted by Gasteiger charge is -2.23. The van der Waals surface area contributed by atoms with Crippen LogP contribution in [0.4, 0.5) is 0 Å². The first-order valence-electron chi connectivity index (χ1n) is 16.1. The zero-order valence-electron chi connectivity index (χ0n) is 26.3. The molecule has 0 unspecified atom stereocenters. The van der Waals surface area contributed by atoms with Crippen LogP contribution in [-0.2, 0) is 5.41 Å². The molecule has 0 bridgehead atoms. The third kappa shape index (κ3) is 4.39. The molecule has 3 nitrogen and oxygen atoms in total. The van der Waals surface area contributed by atoms with E-state index in [9.17, 15) is 0 Å². The van der Waals surface area contributed by atoms with Gasteiger partial charge >= 0.3 is 0 Å². The number of fused-ring (bicyclic) bond motifs is 6. The van der Waals surface area contributed by atoms with Crippen LogP contribution in [0.3, 0.4) is 0 Å². The van der Waals surface area contributed by atoms with Crippen molar-refractivity contribution in [3.05, 3.63) is 163 Å². The first kappa shape index (κ1) is 27.4. The molecule has 2 heterocycles. The third-order valence-electron chi connectivity index (χ3n) is 9.72. The Labute approximate surface area is 274 Å². The number of nitrogens with zero attached hydrogens (tertiary/aromatic N) is 3. The summed E-state index contributed by atoms with van der Waals surface area (Å²) in [5.41, 5.74) is 11.8. The summed E-state index contributed by atoms with van der Waals surface area (Å²) in [6.07, 6.45) is 1.97. The van der Waals surface area contributed by atoms with Gasteiger partial charge in [-0.1, -0.05) is 141 Å². The van der Waals surface area contributed by atoms with Crippen molar-refractivity contribution in [3.63, 3.8) is 0 Å². The van der Waals surface area contributed by atoms with Crippen molar-refractivity contribution < 1.29 is 0 Å². The van der Waals surface area contributed by atoms with E-state index in [2.05, 4.69) is 141 Å². The van der Waals surface area contributed by atoms with Gasteiger partial charge in [-0.2, -0.15) is 0 Å². The molecular weight excluding hydrogens is 571 g/mol. The predicted octanol–water partition coefficient (Wildman–Crippen LogP) is 11.2. The maximum absolute atomic E-state index is 5.21. The lowest BCUT2D eigenvalue weighted by atomic mass is 9.81. The van der Waals surface area contributed by atoms with Crippen molar-refractivity contribution >= 4 is 21.5 Å². The monoisotopic (exact) mass is 601 g/mol. The van der Waals surface area contributed by atoms with Gasteiger partial charge < -0.3 is 0 Å². The van der Waals surface area contributed by atoms with Crippen molar-refractivity contribution in [2.45, 2.75) is 19.3 Å². The fourth-order valence-corrected chi connectivity index (χ4v) is 7.36. The van der Waals surface area contributed by atoms with Gasteiger partial charge in [-0.25, -0.2) is 9.97 Å². The molecule has 0 aliphatic heterocycles. The standard InChI is InChI=1S/C44H31N3/c1-44(2)38-19-11-10-18-36(38)42-40(44)41(46-43(47-42)30-12-4-3-5-13-30)32-24-25-39(45-27-32)29-22-20-28(21-23-29)37-26-31-14-6-7-15-33(31)34-16-8-9-17-35(34)37/h3-27H,1-2H3. The highest BCUT2D eigenvalue weighted by molar-refractivity contribution is 6.13. The van der Waals surface area contributed by atoms with Crippen molar-refractivity contribution in [2.24, 2.45) is 0 Å². The van der Waals surface area contributed by atoms with E-state index in [1.807, 2.05) is 24.4 Å². The van der Waals surface area contributed by atoms with Gasteiger partial charge in [-0.3, -0.25) is 4.98 Å². The molecule has 1 aliphatic carbocycles. The van der Waals surface area contributed by atoms with Crippen molar-refractivity contribution in [3.8, 4) is 56.3 Å². The molecular formula is C44H31N3. The third-order valence-corrected chi connectivity index (χ3v) is 9.72. The second kappa shape index (κ2) is 10.6. The summed E-state index contributed by atoms with van der Waals surface area (Å²) in [6.45, 7) is 4.55. The number of benzene rings is 6. The van der Waals surface area contributed by atoms with Crippen LogP contribution in [0.1, 0.15) is 25.0 Å². The zero-order chi connectivity index (χ0) is 31.5. The van der Waals surface area contributed by atoms with Crippen LogP contribution in [0.15, 0.2) is 152 Å². The van der Waals surface area contributed by atoms with Crippen molar-refractivity contribution in [2.75, 3.05) is 0 Å².